The van der Waals surface area contributed by atoms with Crippen molar-refractivity contribution in [1.82, 2.24) is 0 Å². The molecule has 2 N–H and O–H groups in total. The highest BCUT2D eigenvalue weighted by Gasteiger charge is 2.15. The first kappa shape index (κ1) is 26.5. The van der Waals surface area contributed by atoms with Crippen LogP contribution in [0.15, 0.2) is 103 Å². The molecule has 0 spiro atoms. The molecule has 0 heterocycles. The number of nitrogens with one attached hydrogen (secondary N) is 2. The minimum absolute atomic E-state index is 0.0178. The number of carbonyl (C=O) groups excluding carboxylic acids is 2. The van der Waals surface area contributed by atoms with E-state index in [9.17, 15) is 9.59 Å². The Hall–Kier alpha value is -4.58. The summed E-state index contributed by atoms with van der Waals surface area (Å²) in [4.78, 5) is 25.6. The van der Waals surface area contributed by atoms with Crippen molar-refractivity contribution in [2.75, 3.05) is 23.8 Å². The third-order valence-corrected chi connectivity index (χ3v) is 5.85. The predicted octanol–water partition coefficient (Wildman–Crippen LogP) is 6.95. The molecule has 0 aliphatic carbocycles. The molecule has 4 aromatic carbocycles. The van der Waals surface area contributed by atoms with Crippen molar-refractivity contribution in [2.45, 2.75) is 26.2 Å². The lowest BCUT2D eigenvalue weighted by molar-refractivity contribution is 0.101. The zero-order valence-electron chi connectivity index (χ0n) is 21.9. The van der Waals surface area contributed by atoms with Crippen molar-refractivity contribution >= 4 is 23.2 Å². The van der Waals surface area contributed by atoms with Crippen molar-refractivity contribution < 1.29 is 19.1 Å². The Morgan fingerprint density at radius 2 is 1.16 bits per heavy atom. The van der Waals surface area contributed by atoms with Gasteiger partial charge in [0.25, 0.3) is 11.8 Å². The summed E-state index contributed by atoms with van der Waals surface area (Å²) < 4.78 is 11.4. The zero-order chi connectivity index (χ0) is 27.0. The van der Waals surface area contributed by atoms with Crippen molar-refractivity contribution in [3.05, 3.63) is 120 Å². The van der Waals surface area contributed by atoms with Gasteiger partial charge in [-0.2, -0.15) is 0 Å². The number of anilines is 2. The molecule has 0 fully saturated rings. The van der Waals surface area contributed by atoms with Crippen LogP contribution in [0.4, 0.5) is 11.4 Å². The third kappa shape index (κ3) is 7.46. The Kier molecular flexibility index (Phi) is 8.44. The van der Waals surface area contributed by atoms with Crippen LogP contribution in [0.3, 0.4) is 0 Å². The lowest BCUT2D eigenvalue weighted by Crippen LogP contribution is -2.15. The molecular formula is C32H32N2O4. The number of hydrogen-bond acceptors (Lipinski definition) is 4. The number of hydrogen-bond donors (Lipinski definition) is 2. The van der Waals surface area contributed by atoms with E-state index in [1.165, 1.54) is 0 Å². The highest BCUT2D eigenvalue weighted by atomic mass is 16.5. The zero-order valence-corrected chi connectivity index (χ0v) is 21.9. The highest BCUT2D eigenvalue weighted by molar-refractivity contribution is 6.06. The first-order valence-electron chi connectivity index (χ1n) is 12.5. The van der Waals surface area contributed by atoms with Crippen molar-refractivity contribution in [3.63, 3.8) is 0 Å². The molecule has 4 rings (SSSR count). The van der Waals surface area contributed by atoms with Crippen molar-refractivity contribution in [3.8, 4) is 11.5 Å². The van der Waals surface area contributed by atoms with E-state index in [-0.39, 0.29) is 17.2 Å². The first-order chi connectivity index (χ1) is 18.3. The molecule has 6 heteroatoms. The van der Waals surface area contributed by atoms with Crippen LogP contribution in [0.1, 0.15) is 47.1 Å². The van der Waals surface area contributed by atoms with E-state index in [2.05, 4.69) is 31.4 Å². The van der Waals surface area contributed by atoms with E-state index < -0.39 is 0 Å². The summed E-state index contributed by atoms with van der Waals surface area (Å²) in [7, 11) is 0. The van der Waals surface area contributed by atoms with Crippen LogP contribution in [0.25, 0.3) is 0 Å². The summed E-state index contributed by atoms with van der Waals surface area (Å²) in [5.41, 5.74) is 3.36. The van der Waals surface area contributed by atoms with Crippen LogP contribution in [0.2, 0.25) is 0 Å². The van der Waals surface area contributed by atoms with Crippen LogP contribution in [-0.4, -0.2) is 25.0 Å². The lowest BCUT2D eigenvalue weighted by Gasteiger charge is -2.19. The van der Waals surface area contributed by atoms with E-state index >= 15 is 0 Å². The van der Waals surface area contributed by atoms with Gasteiger partial charge in [0.15, 0.2) is 0 Å². The number of benzene rings is 4. The van der Waals surface area contributed by atoms with E-state index in [4.69, 9.17) is 9.47 Å². The topological polar surface area (TPSA) is 76.7 Å². The SMILES string of the molecule is CC(C)(C)c1ccc(C(=O)Nc2cccc(NC(=O)c3cccc(OCCOc4ccccc4)c3)c2)cc1. The van der Waals surface area contributed by atoms with Gasteiger partial charge in [0.2, 0.25) is 0 Å². The van der Waals surface area contributed by atoms with Gasteiger partial charge in [-0.1, -0.05) is 63.2 Å². The maximum Gasteiger partial charge on any atom is 0.255 e. The molecule has 0 aliphatic rings. The Balaban J connectivity index is 1.32. The normalized spacial score (nSPS) is 10.9. The molecule has 0 atom stereocenters. The Labute approximate surface area is 223 Å². The standard InChI is InChI=1S/C32H32N2O4/c1-32(2,3)25-17-15-23(16-18-25)30(35)33-26-10-8-11-27(22-26)34-31(36)24-9-7-14-29(21-24)38-20-19-37-28-12-5-4-6-13-28/h4-18,21-22H,19-20H2,1-3H3,(H,33,35)(H,34,36). The minimum Gasteiger partial charge on any atom is -0.490 e. The third-order valence-electron chi connectivity index (χ3n) is 5.85. The summed E-state index contributed by atoms with van der Waals surface area (Å²) in [6.07, 6.45) is 0. The molecule has 194 valence electrons. The fourth-order valence-corrected chi connectivity index (χ4v) is 3.77. The largest absolute Gasteiger partial charge is 0.490 e. The molecular weight excluding hydrogens is 476 g/mol. The second kappa shape index (κ2) is 12.1. The van der Waals surface area contributed by atoms with E-state index in [1.807, 2.05) is 54.6 Å². The van der Waals surface area contributed by atoms with Gasteiger partial charge in [-0.05, 0) is 71.6 Å². The molecule has 0 saturated carbocycles. The molecule has 0 saturated heterocycles. The van der Waals surface area contributed by atoms with Crippen LogP contribution < -0.4 is 20.1 Å². The van der Waals surface area contributed by atoms with Crippen molar-refractivity contribution in [1.29, 1.82) is 0 Å². The molecule has 0 radical (unpaired) electrons. The van der Waals surface area contributed by atoms with Crippen LogP contribution in [0.5, 0.6) is 11.5 Å². The molecule has 0 aliphatic heterocycles. The Bertz CT molecular complexity index is 1380. The van der Waals surface area contributed by atoms with Crippen molar-refractivity contribution in [2.24, 2.45) is 0 Å². The van der Waals surface area contributed by atoms with Gasteiger partial charge < -0.3 is 20.1 Å². The number of rotatable bonds is 9. The summed E-state index contributed by atoms with van der Waals surface area (Å²) >= 11 is 0. The summed E-state index contributed by atoms with van der Waals surface area (Å²) in [6, 6.07) is 31.1. The van der Waals surface area contributed by atoms with Gasteiger partial charge in [0.05, 0.1) is 0 Å². The predicted molar refractivity (Wildman–Crippen MR) is 151 cm³/mol. The van der Waals surface area contributed by atoms with Gasteiger partial charge in [-0.3, -0.25) is 9.59 Å². The highest BCUT2D eigenvalue weighted by Crippen LogP contribution is 2.23. The Morgan fingerprint density at radius 1 is 0.605 bits per heavy atom. The molecule has 4 aromatic rings. The average Bonchev–Trinajstić information content (AvgIpc) is 2.92. The molecule has 38 heavy (non-hydrogen) atoms. The van der Waals surface area contributed by atoms with E-state index in [0.29, 0.717) is 41.5 Å². The van der Waals surface area contributed by atoms with Crippen LogP contribution in [-0.2, 0) is 5.41 Å². The molecule has 0 aromatic heterocycles. The molecule has 0 bridgehead atoms. The first-order valence-corrected chi connectivity index (χ1v) is 12.5. The quantitative estimate of drug-likeness (QED) is 0.240. The fraction of sp³-hybridized carbons (Fsp3) is 0.188. The fourth-order valence-electron chi connectivity index (χ4n) is 3.77. The second-order valence-corrected chi connectivity index (χ2v) is 9.85. The van der Waals surface area contributed by atoms with E-state index in [1.54, 1.807) is 48.5 Å². The maximum atomic E-state index is 12.9. The van der Waals surface area contributed by atoms with E-state index in [0.717, 1.165) is 11.3 Å². The van der Waals surface area contributed by atoms with Gasteiger partial charge in [-0.25, -0.2) is 0 Å². The number of amides is 2. The smallest absolute Gasteiger partial charge is 0.255 e. The molecule has 6 nitrogen and oxygen atoms in total. The summed E-state index contributed by atoms with van der Waals surface area (Å²) in [5, 5.41) is 5.78. The Morgan fingerprint density at radius 3 is 1.79 bits per heavy atom. The monoisotopic (exact) mass is 508 g/mol. The number of para-hydroxylation sites is 1. The second-order valence-electron chi connectivity index (χ2n) is 9.85. The summed E-state index contributed by atoms with van der Waals surface area (Å²) in [6.45, 7) is 7.13. The van der Waals surface area contributed by atoms with Gasteiger partial charge >= 0.3 is 0 Å². The maximum absolute atomic E-state index is 12.9. The van der Waals surface area contributed by atoms with Gasteiger partial charge in [0.1, 0.15) is 24.7 Å². The van der Waals surface area contributed by atoms with Gasteiger partial charge in [-0.15, -0.1) is 0 Å². The number of ether oxygens (including phenoxy) is 2. The lowest BCUT2D eigenvalue weighted by atomic mass is 9.87. The number of carbonyl (C=O) groups is 2. The minimum atomic E-state index is -0.280. The average molecular weight is 509 g/mol. The van der Waals surface area contributed by atoms with Crippen LogP contribution >= 0.6 is 0 Å². The molecule has 0 unspecified atom stereocenters. The summed E-state index contributed by atoms with van der Waals surface area (Å²) in [5.74, 6) is 0.862. The van der Waals surface area contributed by atoms with Gasteiger partial charge in [0, 0.05) is 22.5 Å². The molecule has 2 amide bonds. The van der Waals surface area contributed by atoms with Crippen LogP contribution in [0, 0.1) is 0 Å².